The second-order valence-electron chi connectivity index (χ2n) is 4.55. The lowest BCUT2D eigenvalue weighted by Crippen LogP contribution is -2.39. The van der Waals surface area contributed by atoms with E-state index in [4.69, 9.17) is 11.6 Å². The van der Waals surface area contributed by atoms with Gasteiger partial charge >= 0.3 is 5.84 Å². The standard InChI is InChI=1S/C12H13ClN2O2/c1-8-14(16)11(12(2,3)15(8)17)9-4-6-10(13)7-5-9/h4-7H,1-3H3. The Morgan fingerprint density at radius 1 is 1.12 bits per heavy atom. The second-order valence-corrected chi connectivity index (χ2v) is 4.99. The van der Waals surface area contributed by atoms with Crippen LogP contribution in [0.25, 0.3) is 0 Å². The third-order valence-electron chi connectivity index (χ3n) is 3.00. The van der Waals surface area contributed by atoms with E-state index in [9.17, 15) is 10.4 Å². The smallest absolute Gasteiger partial charge is 0.433 e. The van der Waals surface area contributed by atoms with Gasteiger partial charge in [0, 0.05) is 18.9 Å². The van der Waals surface area contributed by atoms with Crippen LogP contribution in [-0.4, -0.2) is 26.6 Å². The highest BCUT2D eigenvalue weighted by molar-refractivity contribution is 6.30. The van der Waals surface area contributed by atoms with E-state index in [0.29, 0.717) is 21.0 Å². The minimum absolute atomic E-state index is 0.153. The molecule has 0 N–H and O–H groups in total. The number of benzene rings is 1. The van der Waals surface area contributed by atoms with Crippen LogP contribution >= 0.6 is 11.6 Å². The highest BCUT2D eigenvalue weighted by atomic mass is 35.5. The maximum absolute atomic E-state index is 12.0. The van der Waals surface area contributed by atoms with Crippen molar-refractivity contribution in [2.45, 2.75) is 26.3 Å². The fourth-order valence-electron chi connectivity index (χ4n) is 2.07. The Morgan fingerprint density at radius 3 is 2.06 bits per heavy atom. The largest absolute Gasteiger partial charge is 0.619 e. The summed E-state index contributed by atoms with van der Waals surface area (Å²) < 4.78 is 1.43. The minimum atomic E-state index is -0.861. The van der Waals surface area contributed by atoms with Crippen molar-refractivity contribution >= 4 is 23.1 Å². The van der Waals surface area contributed by atoms with Crippen LogP contribution in [0.4, 0.5) is 0 Å². The summed E-state index contributed by atoms with van der Waals surface area (Å²) in [5.41, 5.74) is 0.299. The maximum Gasteiger partial charge on any atom is 0.433 e. The van der Waals surface area contributed by atoms with E-state index in [0.717, 1.165) is 4.74 Å². The third-order valence-corrected chi connectivity index (χ3v) is 3.25. The van der Waals surface area contributed by atoms with Crippen LogP contribution in [0.15, 0.2) is 24.3 Å². The molecule has 0 amide bonds. The van der Waals surface area contributed by atoms with Crippen molar-refractivity contribution in [1.82, 2.24) is 0 Å². The molecule has 1 aromatic rings. The minimum Gasteiger partial charge on any atom is -0.619 e. The van der Waals surface area contributed by atoms with Gasteiger partial charge in [0.15, 0.2) is 0 Å². The summed E-state index contributed by atoms with van der Waals surface area (Å²) in [7, 11) is 0. The molecule has 1 aromatic carbocycles. The number of halogens is 1. The highest BCUT2D eigenvalue weighted by Crippen LogP contribution is 2.23. The van der Waals surface area contributed by atoms with Gasteiger partial charge in [-0.3, -0.25) is 0 Å². The Bertz CT molecular complexity index is 530. The molecule has 0 saturated carbocycles. The van der Waals surface area contributed by atoms with Crippen molar-refractivity contribution in [1.29, 1.82) is 0 Å². The summed E-state index contributed by atoms with van der Waals surface area (Å²) >= 11 is 5.80. The summed E-state index contributed by atoms with van der Waals surface area (Å²) in [6.07, 6.45) is 0. The summed E-state index contributed by atoms with van der Waals surface area (Å²) in [5, 5.41) is 24.5. The van der Waals surface area contributed by atoms with Gasteiger partial charge in [-0.25, -0.2) is 0 Å². The van der Waals surface area contributed by atoms with Crippen LogP contribution in [0, 0.1) is 10.4 Å². The second kappa shape index (κ2) is 3.74. The fourth-order valence-corrected chi connectivity index (χ4v) is 2.20. The normalized spacial score (nSPS) is 19.1. The van der Waals surface area contributed by atoms with Gasteiger partial charge in [-0.15, -0.1) is 9.48 Å². The van der Waals surface area contributed by atoms with Crippen molar-refractivity contribution in [3.05, 3.63) is 45.3 Å². The van der Waals surface area contributed by atoms with Gasteiger partial charge in [-0.1, -0.05) is 11.6 Å². The van der Waals surface area contributed by atoms with Crippen molar-refractivity contribution in [2.24, 2.45) is 0 Å². The summed E-state index contributed by atoms with van der Waals surface area (Å²) in [4.78, 5) is 0. The zero-order chi connectivity index (χ0) is 12.8. The topological polar surface area (TPSA) is 52.1 Å². The molecule has 1 heterocycles. The predicted octanol–water partition coefficient (Wildman–Crippen LogP) is 2.36. The molecule has 0 aromatic heterocycles. The molecule has 1 aliphatic rings. The molecule has 0 spiro atoms. The molecule has 1 aliphatic heterocycles. The first kappa shape index (κ1) is 11.9. The van der Waals surface area contributed by atoms with E-state index in [1.165, 1.54) is 6.92 Å². The zero-order valence-electron chi connectivity index (χ0n) is 9.90. The van der Waals surface area contributed by atoms with Gasteiger partial charge in [0.25, 0.3) is 11.3 Å². The fraction of sp³-hybridized carbons (Fsp3) is 0.333. The molecule has 17 heavy (non-hydrogen) atoms. The lowest BCUT2D eigenvalue weighted by Gasteiger charge is -2.16. The van der Waals surface area contributed by atoms with E-state index in [1.54, 1.807) is 38.1 Å². The molecule has 0 unspecified atom stereocenters. The number of hydrogen-bond donors (Lipinski definition) is 0. The average Bonchev–Trinajstić information content (AvgIpc) is 2.42. The van der Waals surface area contributed by atoms with E-state index >= 15 is 0 Å². The molecule has 0 radical (unpaired) electrons. The van der Waals surface area contributed by atoms with Gasteiger partial charge < -0.3 is 10.4 Å². The predicted molar refractivity (Wildman–Crippen MR) is 67.6 cm³/mol. The number of hydrogen-bond acceptors (Lipinski definition) is 2. The SMILES string of the molecule is CC1=[N+]([O-])C(C)(C)C(c2ccc(Cl)cc2)=[N+]1[O-]. The number of amidine groups is 1. The van der Waals surface area contributed by atoms with Crippen LogP contribution in [0.1, 0.15) is 26.3 Å². The molecule has 0 fully saturated rings. The Kier molecular flexibility index (Phi) is 2.62. The van der Waals surface area contributed by atoms with Gasteiger partial charge in [-0.05, 0) is 24.3 Å². The number of nitrogens with zero attached hydrogens (tertiary/aromatic N) is 2. The van der Waals surface area contributed by atoms with Crippen molar-refractivity contribution in [3.8, 4) is 0 Å². The van der Waals surface area contributed by atoms with Gasteiger partial charge in [0.1, 0.15) is 0 Å². The van der Waals surface area contributed by atoms with Crippen molar-refractivity contribution < 1.29 is 9.48 Å². The van der Waals surface area contributed by atoms with Crippen LogP contribution in [0.3, 0.4) is 0 Å². The molecule has 0 bridgehead atoms. The lowest BCUT2D eigenvalue weighted by molar-refractivity contribution is -0.532. The first-order chi connectivity index (χ1) is 7.85. The molecule has 0 atom stereocenters. The highest BCUT2D eigenvalue weighted by Gasteiger charge is 2.50. The molecule has 0 saturated heterocycles. The lowest BCUT2D eigenvalue weighted by atomic mass is 9.93. The van der Waals surface area contributed by atoms with Gasteiger partial charge in [0.05, 0.1) is 12.5 Å². The van der Waals surface area contributed by atoms with Gasteiger partial charge in [0.2, 0.25) is 0 Å². The summed E-state index contributed by atoms with van der Waals surface area (Å²) in [5.74, 6) is 0.153. The van der Waals surface area contributed by atoms with Crippen molar-refractivity contribution in [3.63, 3.8) is 0 Å². The molecular weight excluding hydrogens is 240 g/mol. The van der Waals surface area contributed by atoms with Crippen LogP contribution in [-0.2, 0) is 0 Å². The third kappa shape index (κ3) is 1.69. The van der Waals surface area contributed by atoms with Crippen LogP contribution in [0.2, 0.25) is 5.02 Å². The number of rotatable bonds is 1. The molecule has 5 heteroatoms. The van der Waals surface area contributed by atoms with E-state index < -0.39 is 5.54 Å². The quantitative estimate of drug-likeness (QED) is 0.569. The zero-order valence-corrected chi connectivity index (χ0v) is 10.7. The Balaban J connectivity index is 2.58. The molecule has 0 aliphatic carbocycles. The molecule has 4 nitrogen and oxygen atoms in total. The average molecular weight is 253 g/mol. The molecule has 2 rings (SSSR count). The van der Waals surface area contributed by atoms with E-state index in [2.05, 4.69) is 0 Å². The Hall–Kier alpha value is -1.55. The number of hydroxylamine groups is 2. The summed E-state index contributed by atoms with van der Waals surface area (Å²) in [6, 6.07) is 6.90. The monoisotopic (exact) mass is 252 g/mol. The van der Waals surface area contributed by atoms with Crippen molar-refractivity contribution in [2.75, 3.05) is 0 Å². The van der Waals surface area contributed by atoms with Crippen LogP contribution in [0.5, 0.6) is 0 Å². The Labute approximate surface area is 105 Å². The summed E-state index contributed by atoms with van der Waals surface area (Å²) in [6.45, 7) is 4.97. The van der Waals surface area contributed by atoms with Gasteiger partial charge in [-0.2, -0.15) is 0 Å². The first-order valence-corrected chi connectivity index (χ1v) is 5.65. The first-order valence-electron chi connectivity index (χ1n) is 5.27. The van der Waals surface area contributed by atoms with E-state index in [-0.39, 0.29) is 5.84 Å². The van der Waals surface area contributed by atoms with Crippen LogP contribution < -0.4 is 0 Å². The Morgan fingerprint density at radius 2 is 1.65 bits per heavy atom. The molecular formula is C12H13ClN2O2. The van der Waals surface area contributed by atoms with E-state index in [1.807, 2.05) is 0 Å². The molecule has 90 valence electrons. The maximum atomic E-state index is 12.0.